The van der Waals surface area contributed by atoms with Gasteiger partial charge in [0.25, 0.3) is 0 Å². The topological polar surface area (TPSA) is 34.2 Å². The van der Waals surface area contributed by atoms with Gasteiger partial charge < -0.3 is 14.2 Å². The van der Waals surface area contributed by atoms with E-state index in [-0.39, 0.29) is 0 Å². The van der Waals surface area contributed by atoms with Gasteiger partial charge in [-0.2, -0.15) is 0 Å². The molecule has 2 aromatic rings. The minimum atomic E-state index is 0.297. The van der Waals surface area contributed by atoms with E-state index in [9.17, 15) is 0 Å². The lowest BCUT2D eigenvalue weighted by Crippen LogP contribution is -2.44. The molecule has 5 heteroatoms. The Bertz CT molecular complexity index is 915. The molecule has 2 aromatic carbocycles. The average Bonchev–Trinajstić information content (AvgIpc) is 3.34. The van der Waals surface area contributed by atoms with Gasteiger partial charge >= 0.3 is 0 Å². The predicted molar refractivity (Wildman–Crippen MR) is 117 cm³/mol. The van der Waals surface area contributed by atoms with E-state index in [0.717, 1.165) is 43.4 Å². The van der Waals surface area contributed by atoms with Crippen molar-refractivity contribution in [3.05, 3.63) is 53.1 Å². The Labute approximate surface area is 179 Å². The number of methoxy groups -OCH3 is 1. The van der Waals surface area contributed by atoms with Crippen molar-refractivity contribution in [1.29, 1.82) is 0 Å². The molecule has 1 unspecified atom stereocenters. The lowest BCUT2D eigenvalue weighted by Gasteiger charge is -2.40. The van der Waals surface area contributed by atoms with E-state index >= 15 is 0 Å². The summed E-state index contributed by atoms with van der Waals surface area (Å²) in [6, 6.07) is 13.0. The zero-order chi connectivity index (χ0) is 20.6. The highest BCUT2D eigenvalue weighted by molar-refractivity contribution is 5.51. The zero-order valence-electron chi connectivity index (χ0n) is 18.2. The van der Waals surface area contributed by atoms with Crippen LogP contribution < -0.4 is 14.2 Å². The van der Waals surface area contributed by atoms with Gasteiger partial charge in [0.05, 0.1) is 7.11 Å². The van der Waals surface area contributed by atoms with Gasteiger partial charge in [0.1, 0.15) is 5.75 Å². The highest BCUT2D eigenvalue weighted by Gasteiger charge is 2.41. The van der Waals surface area contributed by atoms with Crippen molar-refractivity contribution in [3.63, 3.8) is 0 Å². The molecule has 1 atom stereocenters. The van der Waals surface area contributed by atoms with E-state index in [1.165, 1.54) is 49.0 Å². The molecule has 0 bridgehead atoms. The summed E-state index contributed by atoms with van der Waals surface area (Å²) in [5.74, 6) is 2.51. The van der Waals surface area contributed by atoms with Crippen LogP contribution in [0.2, 0.25) is 0 Å². The van der Waals surface area contributed by atoms with Gasteiger partial charge in [-0.05, 0) is 56.3 Å². The molecule has 0 aliphatic carbocycles. The molecule has 0 amide bonds. The lowest BCUT2D eigenvalue weighted by atomic mass is 9.79. The summed E-state index contributed by atoms with van der Waals surface area (Å²) in [6.45, 7) is 9.18. The third-order valence-corrected chi connectivity index (χ3v) is 6.92. The van der Waals surface area contributed by atoms with Gasteiger partial charge in [-0.15, -0.1) is 0 Å². The van der Waals surface area contributed by atoms with Crippen molar-refractivity contribution in [3.8, 4) is 17.2 Å². The van der Waals surface area contributed by atoms with E-state index in [4.69, 9.17) is 14.2 Å². The Kier molecular flexibility index (Phi) is 5.34. The Hall–Kier alpha value is -2.24. The maximum Gasteiger partial charge on any atom is 0.231 e. The fourth-order valence-electron chi connectivity index (χ4n) is 5.53. The Morgan fingerprint density at radius 3 is 2.57 bits per heavy atom. The summed E-state index contributed by atoms with van der Waals surface area (Å²) in [4.78, 5) is 5.26. The first-order chi connectivity index (χ1) is 14.6. The summed E-state index contributed by atoms with van der Waals surface area (Å²) in [5.41, 5.74) is 4.40. The molecule has 2 fully saturated rings. The van der Waals surface area contributed by atoms with Crippen LogP contribution in [0.25, 0.3) is 0 Å². The number of fused-ring (bicyclic) bond motifs is 1. The van der Waals surface area contributed by atoms with Crippen molar-refractivity contribution < 1.29 is 14.2 Å². The van der Waals surface area contributed by atoms with Crippen LogP contribution in [0, 0.1) is 12.3 Å². The number of piperidine rings is 1. The van der Waals surface area contributed by atoms with Gasteiger partial charge in [0, 0.05) is 37.8 Å². The monoisotopic (exact) mass is 408 g/mol. The second-order valence-corrected chi connectivity index (χ2v) is 9.28. The second kappa shape index (κ2) is 8.12. The van der Waals surface area contributed by atoms with Crippen molar-refractivity contribution in [2.24, 2.45) is 5.41 Å². The zero-order valence-corrected chi connectivity index (χ0v) is 18.2. The molecule has 1 spiro atoms. The summed E-state index contributed by atoms with van der Waals surface area (Å²) < 4.78 is 16.7. The standard InChI is InChI=1S/C25H32N2O3/c1-19-5-3-6-20(11-19)14-26-9-4-7-25(16-26)8-10-27(17-25)15-21-12-23-24(30-18-29-23)13-22(21)28-2/h3,5-6,11-13H,4,7-10,14-18H2,1-2H3. The largest absolute Gasteiger partial charge is 0.496 e. The fraction of sp³-hybridized carbons (Fsp3) is 0.520. The number of ether oxygens (including phenoxy) is 3. The van der Waals surface area contributed by atoms with Gasteiger partial charge in [0.15, 0.2) is 11.5 Å². The Balaban J connectivity index is 1.25. The van der Waals surface area contributed by atoms with Crippen LogP contribution in [0.4, 0.5) is 0 Å². The smallest absolute Gasteiger partial charge is 0.231 e. The molecule has 3 heterocycles. The van der Waals surface area contributed by atoms with Crippen LogP contribution in [-0.4, -0.2) is 49.9 Å². The van der Waals surface area contributed by atoms with Crippen molar-refractivity contribution in [2.75, 3.05) is 40.1 Å². The van der Waals surface area contributed by atoms with Gasteiger partial charge in [-0.25, -0.2) is 0 Å². The fourth-order valence-corrected chi connectivity index (χ4v) is 5.53. The maximum absolute atomic E-state index is 5.64. The molecule has 3 aliphatic heterocycles. The summed E-state index contributed by atoms with van der Waals surface area (Å²) in [7, 11) is 1.73. The number of hydrogen-bond acceptors (Lipinski definition) is 5. The van der Waals surface area contributed by atoms with Crippen LogP contribution >= 0.6 is 0 Å². The van der Waals surface area contributed by atoms with Crippen LogP contribution in [0.3, 0.4) is 0 Å². The van der Waals surface area contributed by atoms with E-state index in [0.29, 0.717) is 12.2 Å². The summed E-state index contributed by atoms with van der Waals surface area (Å²) in [5, 5.41) is 0. The molecule has 0 radical (unpaired) electrons. The van der Waals surface area contributed by atoms with Gasteiger partial charge in [-0.3, -0.25) is 9.80 Å². The van der Waals surface area contributed by atoms with Crippen LogP contribution in [0.5, 0.6) is 17.2 Å². The van der Waals surface area contributed by atoms with E-state index < -0.39 is 0 Å². The highest BCUT2D eigenvalue weighted by atomic mass is 16.7. The normalized spacial score (nSPS) is 23.9. The quantitative estimate of drug-likeness (QED) is 0.740. The molecule has 160 valence electrons. The van der Waals surface area contributed by atoms with Crippen LogP contribution in [0.1, 0.15) is 36.0 Å². The number of hydrogen-bond donors (Lipinski definition) is 0. The third-order valence-electron chi connectivity index (χ3n) is 6.92. The number of benzene rings is 2. The molecular weight excluding hydrogens is 376 g/mol. The molecular formula is C25H32N2O3. The Morgan fingerprint density at radius 2 is 1.77 bits per heavy atom. The first-order valence-corrected chi connectivity index (χ1v) is 11.1. The number of nitrogens with zero attached hydrogens (tertiary/aromatic N) is 2. The predicted octanol–water partition coefficient (Wildman–Crippen LogP) is 4.22. The van der Waals surface area contributed by atoms with Crippen LogP contribution in [0.15, 0.2) is 36.4 Å². The molecule has 30 heavy (non-hydrogen) atoms. The van der Waals surface area contributed by atoms with Crippen molar-refractivity contribution in [2.45, 2.75) is 39.3 Å². The summed E-state index contributed by atoms with van der Waals surface area (Å²) in [6.07, 6.45) is 3.92. The van der Waals surface area contributed by atoms with Gasteiger partial charge in [-0.1, -0.05) is 29.8 Å². The number of aryl methyl sites for hydroxylation is 1. The second-order valence-electron chi connectivity index (χ2n) is 9.28. The van der Waals surface area contributed by atoms with Crippen molar-refractivity contribution in [1.82, 2.24) is 9.80 Å². The molecule has 5 nitrogen and oxygen atoms in total. The molecule has 0 aromatic heterocycles. The van der Waals surface area contributed by atoms with E-state index in [1.807, 2.05) is 6.07 Å². The lowest BCUT2D eigenvalue weighted by molar-refractivity contribution is 0.0865. The number of rotatable bonds is 5. The Morgan fingerprint density at radius 1 is 0.967 bits per heavy atom. The van der Waals surface area contributed by atoms with Gasteiger partial charge in [0.2, 0.25) is 6.79 Å². The molecule has 2 saturated heterocycles. The molecule has 0 N–H and O–H groups in total. The molecule has 3 aliphatic rings. The maximum atomic E-state index is 5.64. The van der Waals surface area contributed by atoms with E-state index in [1.54, 1.807) is 7.11 Å². The first kappa shape index (κ1) is 19.7. The highest BCUT2D eigenvalue weighted by Crippen LogP contribution is 2.42. The minimum absolute atomic E-state index is 0.297. The minimum Gasteiger partial charge on any atom is -0.496 e. The number of likely N-dealkylation sites (tertiary alicyclic amines) is 2. The summed E-state index contributed by atoms with van der Waals surface area (Å²) >= 11 is 0. The molecule has 5 rings (SSSR count). The third kappa shape index (κ3) is 4.01. The van der Waals surface area contributed by atoms with Crippen LogP contribution in [-0.2, 0) is 13.1 Å². The van der Waals surface area contributed by atoms with Crippen molar-refractivity contribution >= 4 is 0 Å². The first-order valence-electron chi connectivity index (χ1n) is 11.1. The molecule has 0 saturated carbocycles. The van der Waals surface area contributed by atoms with E-state index in [2.05, 4.69) is 47.1 Å². The average molecular weight is 409 g/mol. The SMILES string of the molecule is COc1cc2c(cc1CN1CCC3(CCCN(Cc4cccc(C)c4)C3)C1)OCO2.